The van der Waals surface area contributed by atoms with Crippen LogP contribution in [0.1, 0.15) is 17.5 Å². The van der Waals surface area contributed by atoms with Crippen molar-refractivity contribution < 1.29 is 4.74 Å². The summed E-state index contributed by atoms with van der Waals surface area (Å²) >= 11 is 0. The van der Waals surface area contributed by atoms with Crippen molar-refractivity contribution in [2.45, 2.75) is 12.6 Å². The van der Waals surface area contributed by atoms with E-state index in [0.29, 0.717) is 19.7 Å². The SMILES string of the molecule is Cn1cnnc1[C@@H]1CN(Cc2cc3ccccc3[nH]c2=O)CCO1. The number of ether oxygens (including phenoxy) is 1. The second-order valence-corrected chi connectivity index (χ2v) is 6.11. The molecule has 3 aromatic rings. The molecule has 1 aliphatic heterocycles. The number of hydrogen-bond acceptors (Lipinski definition) is 5. The fourth-order valence-corrected chi connectivity index (χ4v) is 3.14. The van der Waals surface area contributed by atoms with E-state index in [9.17, 15) is 4.79 Å². The second kappa shape index (κ2) is 6.18. The molecule has 0 spiro atoms. The third kappa shape index (κ3) is 2.83. The molecule has 7 heteroatoms. The van der Waals surface area contributed by atoms with Gasteiger partial charge in [0.1, 0.15) is 12.4 Å². The monoisotopic (exact) mass is 325 g/mol. The van der Waals surface area contributed by atoms with E-state index in [1.807, 2.05) is 41.9 Å². The Morgan fingerprint density at radius 1 is 1.38 bits per heavy atom. The molecule has 1 N–H and O–H groups in total. The first-order valence-electron chi connectivity index (χ1n) is 7.99. The highest BCUT2D eigenvalue weighted by Gasteiger charge is 2.25. The molecule has 4 rings (SSSR count). The molecule has 24 heavy (non-hydrogen) atoms. The van der Waals surface area contributed by atoms with E-state index in [4.69, 9.17) is 4.74 Å². The summed E-state index contributed by atoms with van der Waals surface area (Å²) in [5, 5.41) is 9.09. The maximum atomic E-state index is 12.3. The van der Waals surface area contributed by atoms with Gasteiger partial charge in [-0.15, -0.1) is 10.2 Å². The number of nitrogens with zero attached hydrogens (tertiary/aromatic N) is 4. The first-order chi connectivity index (χ1) is 11.7. The van der Waals surface area contributed by atoms with Crippen molar-refractivity contribution in [3.63, 3.8) is 0 Å². The molecule has 1 aliphatic rings. The first kappa shape index (κ1) is 15.0. The van der Waals surface area contributed by atoms with E-state index in [2.05, 4.69) is 20.1 Å². The van der Waals surface area contributed by atoms with Crippen LogP contribution in [0.5, 0.6) is 0 Å². The van der Waals surface area contributed by atoms with Gasteiger partial charge in [-0.25, -0.2) is 0 Å². The number of morpholine rings is 1. The zero-order valence-electron chi connectivity index (χ0n) is 13.5. The normalized spacial score (nSPS) is 19.0. The van der Waals surface area contributed by atoms with Gasteiger partial charge >= 0.3 is 0 Å². The lowest BCUT2D eigenvalue weighted by Gasteiger charge is -2.32. The summed E-state index contributed by atoms with van der Waals surface area (Å²) in [7, 11) is 1.91. The van der Waals surface area contributed by atoms with E-state index in [1.54, 1.807) is 6.33 Å². The van der Waals surface area contributed by atoms with Crippen molar-refractivity contribution in [2.24, 2.45) is 7.05 Å². The Kier molecular flexibility index (Phi) is 3.87. The van der Waals surface area contributed by atoms with Crippen LogP contribution in [-0.4, -0.2) is 44.3 Å². The molecule has 7 nitrogen and oxygen atoms in total. The van der Waals surface area contributed by atoms with Gasteiger partial charge in [-0.05, 0) is 17.5 Å². The first-order valence-corrected chi connectivity index (χ1v) is 7.99. The molecule has 0 radical (unpaired) electrons. The fourth-order valence-electron chi connectivity index (χ4n) is 3.14. The number of aromatic nitrogens is 4. The highest BCUT2D eigenvalue weighted by molar-refractivity contribution is 5.78. The number of benzene rings is 1. The van der Waals surface area contributed by atoms with Gasteiger partial charge in [0.05, 0.1) is 6.61 Å². The highest BCUT2D eigenvalue weighted by atomic mass is 16.5. The van der Waals surface area contributed by atoms with Crippen molar-refractivity contribution in [3.05, 3.63) is 58.4 Å². The molecule has 0 bridgehead atoms. The molecular weight excluding hydrogens is 306 g/mol. The minimum atomic E-state index is -0.120. The van der Waals surface area contributed by atoms with Gasteiger partial charge < -0.3 is 14.3 Å². The van der Waals surface area contributed by atoms with Crippen molar-refractivity contribution >= 4 is 10.9 Å². The lowest BCUT2D eigenvalue weighted by Crippen LogP contribution is -2.39. The maximum Gasteiger partial charge on any atom is 0.252 e. The van der Waals surface area contributed by atoms with E-state index in [0.717, 1.165) is 28.8 Å². The summed E-state index contributed by atoms with van der Waals surface area (Å²) in [6.07, 6.45) is 1.55. The average molecular weight is 325 g/mol. The summed E-state index contributed by atoms with van der Waals surface area (Å²) in [4.78, 5) is 17.5. The summed E-state index contributed by atoms with van der Waals surface area (Å²) < 4.78 is 7.69. The number of rotatable bonds is 3. The number of H-pyrrole nitrogens is 1. The molecule has 2 aromatic heterocycles. The van der Waals surface area contributed by atoms with E-state index in [1.165, 1.54) is 0 Å². The van der Waals surface area contributed by atoms with Crippen LogP contribution in [0, 0.1) is 0 Å². The van der Waals surface area contributed by atoms with Crippen LogP contribution in [0.25, 0.3) is 10.9 Å². The van der Waals surface area contributed by atoms with Crippen molar-refractivity contribution in [1.29, 1.82) is 0 Å². The summed E-state index contributed by atoms with van der Waals surface area (Å²) in [6, 6.07) is 9.80. The summed E-state index contributed by atoms with van der Waals surface area (Å²) in [5.41, 5.74) is 1.60. The van der Waals surface area contributed by atoms with Crippen LogP contribution in [0.2, 0.25) is 0 Å². The zero-order chi connectivity index (χ0) is 16.5. The zero-order valence-corrected chi connectivity index (χ0v) is 13.5. The molecule has 0 unspecified atom stereocenters. The molecule has 1 fully saturated rings. The standard InChI is InChI=1S/C17H19N5O2/c1-21-11-18-20-16(21)15-10-22(6-7-24-15)9-13-8-12-4-2-3-5-14(12)19-17(13)23/h2-5,8,11,15H,6-7,9-10H2,1H3,(H,19,23)/t15-/m0/s1. The third-order valence-electron chi connectivity index (χ3n) is 4.41. The molecule has 124 valence electrons. The molecule has 1 atom stereocenters. The Bertz CT molecular complexity index is 916. The lowest BCUT2D eigenvalue weighted by molar-refractivity contribution is -0.0386. The fraction of sp³-hybridized carbons (Fsp3) is 0.353. The van der Waals surface area contributed by atoms with Gasteiger partial charge in [0, 0.05) is 37.8 Å². The number of nitrogens with one attached hydrogen (secondary N) is 1. The summed E-state index contributed by atoms with van der Waals surface area (Å²) in [5.74, 6) is 0.812. The van der Waals surface area contributed by atoms with Crippen LogP contribution >= 0.6 is 0 Å². The van der Waals surface area contributed by atoms with Gasteiger partial charge in [0.25, 0.3) is 5.56 Å². The third-order valence-corrected chi connectivity index (χ3v) is 4.41. The van der Waals surface area contributed by atoms with Crippen LogP contribution in [0.4, 0.5) is 0 Å². The van der Waals surface area contributed by atoms with Crippen molar-refractivity contribution in [1.82, 2.24) is 24.6 Å². The lowest BCUT2D eigenvalue weighted by atomic mass is 10.1. The molecule has 1 saturated heterocycles. The number of para-hydroxylation sites is 1. The maximum absolute atomic E-state index is 12.3. The molecule has 3 heterocycles. The topological polar surface area (TPSA) is 76.0 Å². The minimum absolute atomic E-state index is 0.0320. The Hall–Kier alpha value is -2.51. The van der Waals surface area contributed by atoms with Gasteiger partial charge in [-0.1, -0.05) is 18.2 Å². The highest BCUT2D eigenvalue weighted by Crippen LogP contribution is 2.21. The largest absolute Gasteiger partial charge is 0.368 e. The quantitative estimate of drug-likeness (QED) is 0.784. The predicted molar refractivity (Wildman–Crippen MR) is 89.5 cm³/mol. The molecule has 0 amide bonds. The second-order valence-electron chi connectivity index (χ2n) is 6.11. The van der Waals surface area contributed by atoms with Crippen LogP contribution in [0.3, 0.4) is 0 Å². The average Bonchev–Trinajstić information content (AvgIpc) is 3.02. The van der Waals surface area contributed by atoms with E-state index in [-0.39, 0.29) is 11.7 Å². The number of fused-ring (bicyclic) bond motifs is 1. The smallest absolute Gasteiger partial charge is 0.252 e. The Balaban J connectivity index is 1.56. The molecular formula is C17H19N5O2. The number of aryl methyl sites for hydroxylation is 1. The van der Waals surface area contributed by atoms with Gasteiger partial charge in [-0.3, -0.25) is 9.69 Å². The Morgan fingerprint density at radius 2 is 2.25 bits per heavy atom. The van der Waals surface area contributed by atoms with Crippen molar-refractivity contribution in [2.75, 3.05) is 19.7 Å². The van der Waals surface area contributed by atoms with E-state index < -0.39 is 0 Å². The summed E-state index contributed by atoms with van der Waals surface area (Å²) in [6.45, 7) is 2.69. The van der Waals surface area contributed by atoms with Crippen LogP contribution in [0.15, 0.2) is 41.5 Å². The molecule has 0 aliphatic carbocycles. The minimum Gasteiger partial charge on any atom is -0.368 e. The van der Waals surface area contributed by atoms with Gasteiger partial charge in [0.15, 0.2) is 5.82 Å². The molecule has 1 aromatic carbocycles. The predicted octanol–water partition coefficient (Wildman–Crippen LogP) is 1.23. The van der Waals surface area contributed by atoms with Crippen molar-refractivity contribution in [3.8, 4) is 0 Å². The van der Waals surface area contributed by atoms with E-state index >= 15 is 0 Å². The number of aromatic amines is 1. The van der Waals surface area contributed by atoms with Gasteiger partial charge in [0.2, 0.25) is 0 Å². The molecule has 0 saturated carbocycles. The number of pyridine rings is 1. The number of hydrogen-bond donors (Lipinski definition) is 1. The Labute approximate surface area is 138 Å². The van der Waals surface area contributed by atoms with Gasteiger partial charge in [-0.2, -0.15) is 0 Å². The van der Waals surface area contributed by atoms with Crippen LogP contribution in [-0.2, 0) is 18.3 Å². The van der Waals surface area contributed by atoms with Crippen LogP contribution < -0.4 is 5.56 Å². The Morgan fingerprint density at radius 3 is 3.08 bits per heavy atom.